The van der Waals surface area contributed by atoms with E-state index in [1.54, 1.807) is 13.8 Å². The van der Waals surface area contributed by atoms with E-state index < -0.39 is 22.7 Å². The first-order valence-electron chi connectivity index (χ1n) is 5.58. The monoisotopic (exact) mass is 268 g/mol. The van der Waals surface area contributed by atoms with Crippen LogP contribution in [0.1, 0.15) is 24.3 Å². The number of rotatable bonds is 4. The Morgan fingerprint density at radius 2 is 1.95 bits per heavy atom. The molecular formula is C12H16N2O5. The Kier molecular flexibility index (Phi) is 3.98. The number of aromatic nitrogens is 1. The summed E-state index contributed by atoms with van der Waals surface area (Å²) in [6, 6.07) is 1.88. The predicted octanol–water partition coefficient (Wildman–Crippen LogP) is 0.0243. The smallest absolute Gasteiger partial charge is 0.352 e. The van der Waals surface area contributed by atoms with E-state index in [-0.39, 0.29) is 18.1 Å². The van der Waals surface area contributed by atoms with Crippen molar-refractivity contribution in [3.8, 4) is 5.75 Å². The summed E-state index contributed by atoms with van der Waals surface area (Å²) < 4.78 is 0.956. The zero-order valence-corrected chi connectivity index (χ0v) is 10.9. The van der Waals surface area contributed by atoms with Gasteiger partial charge in [-0.05, 0) is 13.8 Å². The number of hydrogen-bond acceptors (Lipinski definition) is 4. The van der Waals surface area contributed by atoms with Crippen molar-refractivity contribution in [2.45, 2.75) is 20.4 Å². The van der Waals surface area contributed by atoms with Gasteiger partial charge in [0.2, 0.25) is 5.91 Å². The normalized spacial score (nSPS) is 11.1. The van der Waals surface area contributed by atoms with Crippen LogP contribution in [0, 0.1) is 5.41 Å². The fourth-order valence-electron chi connectivity index (χ4n) is 1.73. The molecule has 7 nitrogen and oxygen atoms in total. The van der Waals surface area contributed by atoms with Crippen LogP contribution in [0.5, 0.6) is 5.75 Å². The fraction of sp³-hybridized carbons (Fsp3) is 0.417. The minimum atomic E-state index is -1.35. The molecule has 0 spiro atoms. The molecule has 1 heterocycles. The molecular weight excluding hydrogens is 252 g/mol. The molecule has 7 heteroatoms. The number of carboxylic acids is 1. The molecule has 1 rings (SSSR count). The Morgan fingerprint density at radius 3 is 2.42 bits per heavy atom. The van der Waals surface area contributed by atoms with Gasteiger partial charge in [-0.3, -0.25) is 9.59 Å². The Bertz CT molecular complexity index is 574. The van der Waals surface area contributed by atoms with E-state index in [1.807, 2.05) is 0 Å². The average Bonchev–Trinajstić information content (AvgIpc) is 2.30. The predicted molar refractivity (Wildman–Crippen MR) is 67.2 cm³/mol. The number of nitrogens with zero attached hydrogens (tertiary/aromatic N) is 1. The second-order valence-electron chi connectivity index (χ2n) is 4.79. The van der Waals surface area contributed by atoms with Crippen LogP contribution in [0.25, 0.3) is 0 Å². The molecule has 0 atom stereocenters. The first-order chi connectivity index (χ1) is 8.69. The number of aromatic hydroxyl groups is 1. The molecule has 0 fully saturated rings. The van der Waals surface area contributed by atoms with Crippen molar-refractivity contribution in [3.63, 3.8) is 0 Å². The van der Waals surface area contributed by atoms with Crippen LogP contribution in [0.15, 0.2) is 16.9 Å². The molecule has 0 aliphatic rings. The van der Waals surface area contributed by atoms with Crippen LogP contribution in [0.2, 0.25) is 0 Å². The molecule has 0 aliphatic carbocycles. The van der Waals surface area contributed by atoms with Crippen molar-refractivity contribution < 1.29 is 19.8 Å². The van der Waals surface area contributed by atoms with Gasteiger partial charge in [-0.2, -0.15) is 0 Å². The Labute approximate surface area is 109 Å². The lowest BCUT2D eigenvalue weighted by Gasteiger charge is -2.24. The highest BCUT2D eigenvalue weighted by Gasteiger charge is 2.29. The number of nitrogens with one attached hydrogen (secondary N) is 1. The third kappa shape index (κ3) is 3.12. The molecule has 0 aliphatic heterocycles. The minimum Gasteiger partial charge on any atom is -0.508 e. The van der Waals surface area contributed by atoms with Crippen LogP contribution >= 0.6 is 0 Å². The van der Waals surface area contributed by atoms with Crippen LogP contribution < -0.4 is 10.9 Å². The summed E-state index contributed by atoms with van der Waals surface area (Å²) in [6.45, 7) is 3.08. The molecule has 3 N–H and O–H groups in total. The molecule has 0 aromatic carbocycles. The number of carbonyl (C=O) groups is 2. The summed E-state index contributed by atoms with van der Waals surface area (Å²) in [5, 5.41) is 20.8. The van der Waals surface area contributed by atoms with Gasteiger partial charge in [-0.1, -0.05) is 0 Å². The maximum atomic E-state index is 11.8. The fourth-order valence-corrected chi connectivity index (χ4v) is 1.73. The summed E-state index contributed by atoms with van der Waals surface area (Å²) in [7, 11) is 1.46. The highest BCUT2D eigenvalue weighted by molar-refractivity contribution is 5.86. The number of pyridine rings is 1. The van der Waals surface area contributed by atoms with Crippen LogP contribution in [-0.4, -0.2) is 33.7 Å². The van der Waals surface area contributed by atoms with E-state index in [1.165, 1.54) is 7.05 Å². The number of carboxylic acid groups (broad SMARTS) is 1. The van der Waals surface area contributed by atoms with Crippen LogP contribution in [0.4, 0.5) is 0 Å². The molecule has 1 amide bonds. The summed E-state index contributed by atoms with van der Waals surface area (Å²) in [5.74, 6) is -2.08. The zero-order valence-electron chi connectivity index (χ0n) is 10.9. The van der Waals surface area contributed by atoms with E-state index in [9.17, 15) is 19.5 Å². The largest absolute Gasteiger partial charge is 0.508 e. The topological polar surface area (TPSA) is 109 Å². The summed E-state index contributed by atoms with van der Waals surface area (Å²) in [5.41, 5.74) is -1.99. The van der Waals surface area contributed by atoms with Gasteiger partial charge >= 0.3 is 5.97 Å². The Balaban J connectivity index is 3.32. The van der Waals surface area contributed by atoms with Crippen molar-refractivity contribution in [3.05, 3.63) is 28.2 Å². The van der Waals surface area contributed by atoms with Crippen molar-refractivity contribution in [1.29, 1.82) is 0 Å². The number of carbonyl (C=O) groups excluding carboxylic acids is 1. The molecule has 1 aromatic heterocycles. The van der Waals surface area contributed by atoms with E-state index in [2.05, 4.69) is 5.32 Å². The van der Waals surface area contributed by atoms with Crippen molar-refractivity contribution in [2.75, 3.05) is 7.05 Å². The Hall–Kier alpha value is -2.31. The highest BCUT2D eigenvalue weighted by Crippen LogP contribution is 2.19. The first kappa shape index (κ1) is 14.7. The summed E-state index contributed by atoms with van der Waals surface area (Å²) in [6.07, 6.45) is 0. The molecule has 1 aromatic rings. The van der Waals surface area contributed by atoms with Gasteiger partial charge < -0.3 is 20.1 Å². The highest BCUT2D eigenvalue weighted by atomic mass is 16.4. The maximum Gasteiger partial charge on any atom is 0.352 e. The third-order valence-corrected chi connectivity index (χ3v) is 2.73. The lowest BCUT2D eigenvalue weighted by Crippen LogP contribution is -2.41. The van der Waals surface area contributed by atoms with E-state index in [4.69, 9.17) is 5.11 Å². The molecule has 104 valence electrons. The van der Waals surface area contributed by atoms with Gasteiger partial charge in [-0.25, -0.2) is 4.79 Å². The van der Waals surface area contributed by atoms with E-state index >= 15 is 0 Å². The first-order valence-corrected chi connectivity index (χ1v) is 5.58. The number of aromatic carboxylic acids is 1. The Morgan fingerprint density at radius 1 is 1.37 bits per heavy atom. The second-order valence-corrected chi connectivity index (χ2v) is 4.79. The molecule has 0 unspecified atom stereocenters. The van der Waals surface area contributed by atoms with Crippen molar-refractivity contribution >= 4 is 11.9 Å². The third-order valence-electron chi connectivity index (χ3n) is 2.73. The zero-order chi connectivity index (χ0) is 14.8. The quantitative estimate of drug-likeness (QED) is 0.713. The number of amides is 1. The van der Waals surface area contributed by atoms with E-state index in [0.717, 1.165) is 16.7 Å². The van der Waals surface area contributed by atoms with Crippen molar-refractivity contribution in [1.82, 2.24) is 9.88 Å². The molecule has 0 bridgehead atoms. The molecule has 0 saturated heterocycles. The summed E-state index contributed by atoms with van der Waals surface area (Å²) >= 11 is 0. The van der Waals surface area contributed by atoms with Crippen LogP contribution in [0.3, 0.4) is 0 Å². The average molecular weight is 268 g/mol. The van der Waals surface area contributed by atoms with Gasteiger partial charge in [0.1, 0.15) is 11.4 Å². The molecule has 0 radical (unpaired) electrons. The van der Waals surface area contributed by atoms with Gasteiger partial charge in [0.25, 0.3) is 5.56 Å². The van der Waals surface area contributed by atoms with Crippen molar-refractivity contribution in [2.24, 2.45) is 5.41 Å². The molecule has 0 saturated carbocycles. The van der Waals surface area contributed by atoms with E-state index in [0.29, 0.717) is 0 Å². The second kappa shape index (κ2) is 5.13. The number of hydrogen-bond donors (Lipinski definition) is 3. The maximum absolute atomic E-state index is 11.8. The van der Waals surface area contributed by atoms with Gasteiger partial charge in [0.05, 0.1) is 5.41 Å². The lowest BCUT2D eigenvalue weighted by molar-refractivity contribution is -0.129. The summed E-state index contributed by atoms with van der Waals surface area (Å²) in [4.78, 5) is 34.5. The SMILES string of the molecule is CNC(=O)C(C)(C)Cn1c(C(=O)O)cc(O)cc1=O. The lowest BCUT2D eigenvalue weighted by atomic mass is 9.92. The standard InChI is InChI=1S/C12H16N2O5/c1-12(2,11(19)13-3)6-14-8(10(17)18)4-7(15)5-9(14)16/h4-5,15H,6H2,1-3H3,(H,13,19)(H,17,18). The minimum absolute atomic E-state index is 0.104. The molecule has 19 heavy (non-hydrogen) atoms. The van der Waals surface area contributed by atoms with Gasteiger partial charge in [0, 0.05) is 25.7 Å². The van der Waals surface area contributed by atoms with Gasteiger partial charge in [0.15, 0.2) is 0 Å². The van der Waals surface area contributed by atoms with Gasteiger partial charge in [-0.15, -0.1) is 0 Å². The van der Waals surface area contributed by atoms with Crippen LogP contribution in [-0.2, 0) is 11.3 Å².